The predicted octanol–water partition coefficient (Wildman–Crippen LogP) is 2.89. The highest BCUT2D eigenvalue weighted by Crippen LogP contribution is 2.17. The van der Waals surface area contributed by atoms with Crippen LogP contribution in [-0.4, -0.2) is 61.5 Å². The van der Waals surface area contributed by atoms with E-state index in [4.69, 9.17) is 4.74 Å². The number of nitriles is 1. The van der Waals surface area contributed by atoms with E-state index in [0.29, 0.717) is 30.0 Å². The monoisotopic (exact) mass is 406 g/mol. The molecule has 1 heterocycles. The summed E-state index contributed by atoms with van der Waals surface area (Å²) in [5, 5.41) is 12.2. The van der Waals surface area contributed by atoms with Gasteiger partial charge in [-0.1, -0.05) is 31.2 Å². The second kappa shape index (κ2) is 11.3. The minimum absolute atomic E-state index is 0.0892. The number of benzene rings is 2. The van der Waals surface area contributed by atoms with Crippen molar-refractivity contribution in [2.45, 2.75) is 20.0 Å². The molecule has 0 aliphatic carbocycles. The number of ether oxygens (including phenoxy) is 1. The van der Waals surface area contributed by atoms with Crippen molar-refractivity contribution in [2.75, 3.05) is 45.8 Å². The molecular formula is C24H30N4O2. The van der Waals surface area contributed by atoms with Crippen LogP contribution in [0.15, 0.2) is 48.5 Å². The zero-order valence-corrected chi connectivity index (χ0v) is 17.6. The second-order valence-electron chi connectivity index (χ2n) is 7.47. The van der Waals surface area contributed by atoms with Gasteiger partial charge in [0.25, 0.3) is 5.91 Å². The first-order valence-electron chi connectivity index (χ1n) is 10.6. The quantitative estimate of drug-likeness (QED) is 0.649. The number of hydrogen-bond donors (Lipinski definition) is 1. The Bertz CT molecular complexity index is 870. The Balaban J connectivity index is 1.42. The van der Waals surface area contributed by atoms with Crippen LogP contribution in [0.1, 0.15) is 34.8 Å². The molecule has 1 saturated heterocycles. The van der Waals surface area contributed by atoms with Crippen molar-refractivity contribution < 1.29 is 9.53 Å². The molecular weight excluding hydrogens is 376 g/mol. The molecule has 6 nitrogen and oxygen atoms in total. The summed E-state index contributed by atoms with van der Waals surface area (Å²) in [4.78, 5) is 17.4. The minimum Gasteiger partial charge on any atom is -0.489 e. The number of nitrogens with zero attached hydrogens (tertiary/aromatic N) is 3. The van der Waals surface area contributed by atoms with Crippen LogP contribution in [0.3, 0.4) is 0 Å². The van der Waals surface area contributed by atoms with Gasteiger partial charge in [0.1, 0.15) is 12.4 Å². The number of piperazine rings is 1. The van der Waals surface area contributed by atoms with E-state index in [1.807, 2.05) is 30.3 Å². The predicted molar refractivity (Wildman–Crippen MR) is 117 cm³/mol. The van der Waals surface area contributed by atoms with Crippen LogP contribution < -0.4 is 10.1 Å². The molecule has 1 fully saturated rings. The lowest BCUT2D eigenvalue weighted by Crippen LogP contribution is -2.46. The van der Waals surface area contributed by atoms with E-state index < -0.39 is 0 Å². The summed E-state index contributed by atoms with van der Waals surface area (Å²) >= 11 is 0. The summed E-state index contributed by atoms with van der Waals surface area (Å²) in [5.41, 5.74) is 2.01. The topological polar surface area (TPSA) is 68.6 Å². The summed E-state index contributed by atoms with van der Waals surface area (Å²) in [6.07, 6.45) is 0.943. The highest BCUT2D eigenvalue weighted by Gasteiger charge is 2.15. The minimum atomic E-state index is -0.0892. The Labute approximate surface area is 179 Å². The lowest BCUT2D eigenvalue weighted by molar-refractivity contribution is 0.0947. The third kappa shape index (κ3) is 6.31. The van der Waals surface area contributed by atoms with E-state index in [2.05, 4.69) is 28.1 Å². The van der Waals surface area contributed by atoms with Crippen molar-refractivity contribution >= 4 is 5.91 Å². The normalized spacial score (nSPS) is 14.8. The molecule has 2 aromatic carbocycles. The van der Waals surface area contributed by atoms with Gasteiger partial charge in [0.05, 0.1) is 11.6 Å². The maximum atomic E-state index is 12.5. The second-order valence-corrected chi connectivity index (χ2v) is 7.47. The molecule has 0 atom stereocenters. The third-order valence-corrected chi connectivity index (χ3v) is 5.48. The fraction of sp³-hybridized carbons (Fsp3) is 0.417. The number of carbonyl (C=O) groups excluding carboxylic acids is 1. The Morgan fingerprint density at radius 2 is 1.87 bits per heavy atom. The van der Waals surface area contributed by atoms with Crippen molar-refractivity contribution in [3.63, 3.8) is 0 Å². The Hall–Kier alpha value is -2.88. The van der Waals surface area contributed by atoms with Crippen LogP contribution in [0.25, 0.3) is 0 Å². The molecule has 0 radical (unpaired) electrons. The standard InChI is InChI=1S/C24H30N4O2/c1-2-27-13-15-28(16-14-27)12-6-11-26-24(29)20-9-5-10-23(17-20)30-19-22-8-4-3-7-21(22)18-25/h3-5,7-10,17H,2,6,11-16,19H2,1H3,(H,26,29). The molecule has 158 valence electrons. The van der Waals surface area contributed by atoms with Crippen molar-refractivity contribution in [3.8, 4) is 11.8 Å². The van der Waals surface area contributed by atoms with Crippen LogP contribution >= 0.6 is 0 Å². The average Bonchev–Trinajstić information content (AvgIpc) is 2.81. The van der Waals surface area contributed by atoms with Crippen LogP contribution in [0, 0.1) is 11.3 Å². The molecule has 0 bridgehead atoms. The van der Waals surface area contributed by atoms with E-state index in [1.54, 1.807) is 18.2 Å². The molecule has 0 spiro atoms. The molecule has 0 saturated carbocycles. The maximum Gasteiger partial charge on any atom is 0.251 e. The van der Waals surface area contributed by atoms with Crippen LogP contribution in [-0.2, 0) is 6.61 Å². The fourth-order valence-corrected chi connectivity index (χ4v) is 3.58. The van der Waals surface area contributed by atoms with Crippen molar-refractivity contribution in [2.24, 2.45) is 0 Å². The lowest BCUT2D eigenvalue weighted by atomic mass is 10.1. The largest absolute Gasteiger partial charge is 0.489 e. The van der Waals surface area contributed by atoms with Crippen LogP contribution in [0.2, 0.25) is 0 Å². The number of nitrogens with one attached hydrogen (secondary N) is 1. The van der Waals surface area contributed by atoms with Crippen LogP contribution in [0.4, 0.5) is 0 Å². The van der Waals surface area contributed by atoms with E-state index in [1.165, 1.54) is 0 Å². The Kier molecular flexibility index (Phi) is 8.25. The molecule has 1 amide bonds. The van der Waals surface area contributed by atoms with Gasteiger partial charge in [0, 0.05) is 43.9 Å². The van der Waals surface area contributed by atoms with Gasteiger partial charge in [-0.2, -0.15) is 5.26 Å². The highest BCUT2D eigenvalue weighted by molar-refractivity contribution is 5.94. The zero-order valence-electron chi connectivity index (χ0n) is 17.6. The summed E-state index contributed by atoms with van der Waals surface area (Å²) in [6.45, 7) is 9.77. The maximum absolute atomic E-state index is 12.5. The summed E-state index contributed by atoms with van der Waals surface area (Å²) in [6, 6.07) is 16.7. The average molecular weight is 407 g/mol. The first-order chi connectivity index (χ1) is 14.7. The molecule has 1 aliphatic heterocycles. The fourth-order valence-electron chi connectivity index (χ4n) is 3.58. The zero-order chi connectivity index (χ0) is 21.2. The van der Waals surface area contributed by atoms with Crippen molar-refractivity contribution in [1.82, 2.24) is 15.1 Å². The van der Waals surface area contributed by atoms with Crippen molar-refractivity contribution in [3.05, 3.63) is 65.2 Å². The van der Waals surface area contributed by atoms with E-state index >= 15 is 0 Å². The first-order valence-corrected chi connectivity index (χ1v) is 10.6. The number of likely N-dealkylation sites (N-methyl/N-ethyl adjacent to an activating group) is 1. The molecule has 1 aliphatic rings. The summed E-state index contributed by atoms with van der Waals surface area (Å²) < 4.78 is 5.81. The van der Waals surface area contributed by atoms with Gasteiger partial charge in [-0.3, -0.25) is 4.79 Å². The third-order valence-electron chi connectivity index (χ3n) is 5.48. The molecule has 2 aromatic rings. The van der Waals surface area contributed by atoms with Crippen molar-refractivity contribution in [1.29, 1.82) is 5.26 Å². The van der Waals surface area contributed by atoms with E-state index in [-0.39, 0.29) is 5.91 Å². The molecule has 6 heteroatoms. The number of rotatable bonds is 9. The smallest absolute Gasteiger partial charge is 0.251 e. The van der Waals surface area contributed by atoms with Gasteiger partial charge in [0.15, 0.2) is 0 Å². The van der Waals surface area contributed by atoms with E-state index in [0.717, 1.165) is 51.3 Å². The van der Waals surface area contributed by atoms with Gasteiger partial charge in [-0.25, -0.2) is 0 Å². The van der Waals surface area contributed by atoms with Gasteiger partial charge in [-0.15, -0.1) is 0 Å². The summed E-state index contributed by atoms with van der Waals surface area (Å²) in [7, 11) is 0. The van der Waals surface area contributed by atoms with Crippen LogP contribution in [0.5, 0.6) is 5.75 Å². The molecule has 0 unspecified atom stereocenters. The molecule has 30 heavy (non-hydrogen) atoms. The first kappa shape index (κ1) is 21.8. The SMILES string of the molecule is CCN1CCN(CCCNC(=O)c2cccc(OCc3ccccc3C#N)c2)CC1. The Morgan fingerprint density at radius 3 is 2.63 bits per heavy atom. The highest BCUT2D eigenvalue weighted by atomic mass is 16.5. The lowest BCUT2D eigenvalue weighted by Gasteiger charge is -2.33. The van der Waals surface area contributed by atoms with E-state index in [9.17, 15) is 10.1 Å². The number of hydrogen-bond acceptors (Lipinski definition) is 5. The van der Waals surface area contributed by atoms with Gasteiger partial charge in [-0.05, 0) is 43.8 Å². The number of amides is 1. The molecule has 1 N–H and O–H groups in total. The number of carbonyl (C=O) groups is 1. The summed E-state index contributed by atoms with van der Waals surface area (Å²) in [5.74, 6) is 0.526. The Morgan fingerprint density at radius 1 is 1.10 bits per heavy atom. The molecule has 3 rings (SSSR count). The van der Waals surface area contributed by atoms with Gasteiger partial charge >= 0.3 is 0 Å². The molecule has 0 aromatic heterocycles. The van der Waals surface area contributed by atoms with Gasteiger partial charge < -0.3 is 19.9 Å². The van der Waals surface area contributed by atoms with Gasteiger partial charge in [0.2, 0.25) is 0 Å².